The highest BCUT2D eigenvalue weighted by molar-refractivity contribution is 6.31. The van der Waals surface area contributed by atoms with E-state index < -0.39 is 6.10 Å². The van der Waals surface area contributed by atoms with E-state index in [0.717, 1.165) is 0 Å². The number of carbonyl (C=O) groups excluding carboxylic acids is 1. The molecule has 3 N–H and O–H groups in total. The standard InChI is InChI=1S/C18H19ClN2O2.ClH/c19-15-8-4-3-7-14(15)17(22)11-21-18(23)16-9-12-5-1-2-6-13(12)10-20-16;/h1-8,16-17,20,22H,9-11H2,(H,21,23);1H. The molecule has 1 heterocycles. The zero-order chi connectivity index (χ0) is 16.2. The van der Waals surface area contributed by atoms with Crippen LogP contribution in [0.2, 0.25) is 5.02 Å². The number of amides is 1. The molecule has 6 heteroatoms. The lowest BCUT2D eigenvalue weighted by molar-refractivity contribution is -0.123. The highest BCUT2D eigenvalue weighted by Crippen LogP contribution is 2.22. The van der Waals surface area contributed by atoms with Crippen molar-refractivity contribution in [1.82, 2.24) is 10.6 Å². The number of hydrogen-bond acceptors (Lipinski definition) is 3. The van der Waals surface area contributed by atoms with Crippen molar-refractivity contribution in [2.24, 2.45) is 0 Å². The lowest BCUT2D eigenvalue weighted by Gasteiger charge is -2.25. The molecule has 2 aromatic carbocycles. The van der Waals surface area contributed by atoms with Gasteiger partial charge in [0.15, 0.2) is 0 Å². The molecule has 0 spiro atoms. The molecule has 0 fully saturated rings. The molecule has 0 aromatic heterocycles. The molecular formula is C18H20Cl2N2O2. The van der Waals surface area contributed by atoms with Crippen LogP contribution in [0.1, 0.15) is 22.8 Å². The van der Waals surface area contributed by atoms with Crippen LogP contribution in [0.3, 0.4) is 0 Å². The van der Waals surface area contributed by atoms with E-state index in [1.54, 1.807) is 18.2 Å². The van der Waals surface area contributed by atoms with Crippen molar-refractivity contribution in [2.45, 2.75) is 25.1 Å². The van der Waals surface area contributed by atoms with Gasteiger partial charge in [-0.3, -0.25) is 4.79 Å². The fraction of sp³-hybridized carbons (Fsp3) is 0.278. The largest absolute Gasteiger partial charge is 0.387 e. The van der Waals surface area contributed by atoms with E-state index in [-0.39, 0.29) is 30.9 Å². The summed E-state index contributed by atoms with van der Waals surface area (Å²) >= 11 is 6.05. The van der Waals surface area contributed by atoms with Gasteiger partial charge in [-0.1, -0.05) is 54.1 Å². The maximum atomic E-state index is 12.3. The van der Waals surface area contributed by atoms with Crippen molar-refractivity contribution in [2.75, 3.05) is 6.54 Å². The van der Waals surface area contributed by atoms with E-state index >= 15 is 0 Å². The first-order chi connectivity index (χ1) is 11.1. The van der Waals surface area contributed by atoms with Gasteiger partial charge in [0.25, 0.3) is 0 Å². The van der Waals surface area contributed by atoms with Crippen molar-refractivity contribution >= 4 is 29.9 Å². The molecule has 2 atom stereocenters. The number of carbonyl (C=O) groups is 1. The predicted molar refractivity (Wildman–Crippen MR) is 97.4 cm³/mol. The molecule has 4 nitrogen and oxygen atoms in total. The summed E-state index contributed by atoms with van der Waals surface area (Å²) in [6.45, 7) is 0.823. The number of aliphatic hydroxyl groups excluding tert-OH is 1. The smallest absolute Gasteiger partial charge is 0.237 e. The zero-order valence-electron chi connectivity index (χ0n) is 13.0. The van der Waals surface area contributed by atoms with Crippen LogP contribution in [0.5, 0.6) is 0 Å². The molecule has 24 heavy (non-hydrogen) atoms. The third-order valence-corrected chi connectivity index (χ3v) is 4.48. The van der Waals surface area contributed by atoms with Gasteiger partial charge in [-0.25, -0.2) is 0 Å². The SMILES string of the molecule is Cl.O=C(NCC(O)c1ccccc1Cl)C1Cc2ccccc2CN1. The fourth-order valence-electron chi connectivity index (χ4n) is 2.82. The number of hydrogen-bond donors (Lipinski definition) is 3. The van der Waals surface area contributed by atoms with Gasteiger partial charge in [0.05, 0.1) is 12.1 Å². The van der Waals surface area contributed by atoms with Crippen molar-refractivity contribution < 1.29 is 9.90 Å². The van der Waals surface area contributed by atoms with Gasteiger partial charge in [-0.05, 0) is 23.6 Å². The van der Waals surface area contributed by atoms with E-state index in [0.29, 0.717) is 23.6 Å². The van der Waals surface area contributed by atoms with Crippen LogP contribution in [-0.2, 0) is 17.8 Å². The Morgan fingerprint density at radius 2 is 1.88 bits per heavy atom. The Labute approximate surface area is 152 Å². The van der Waals surface area contributed by atoms with Crippen molar-refractivity contribution in [3.8, 4) is 0 Å². The van der Waals surface area contributed by atoms with E-state index in [9.17, 15) is 9.90 Å². The van der Waals surface area contributed by atoms with Crippen LogP contribution in [0.15, 0.2) is 48.5 Å². The van der Waals surface area contributed by atoms with E-state index in [1.807, 2.05) is 18.2 Å². The van der Waals surface area contributed by atoms with Crippen LogP contribution in [0.4, 0.5) is 0 Å². The summed E-state index contributed by atoms with van der Waals surface area (Å²) in [5.74, 6) is -0.106. The minimum Gasteiger partial charge on any atom is -0.387 e. The van der Waals surface area contributed by atoms with Crippen LogP contribution >= 0.6 is 24.0 Å². The number of fused-ring (bicyclic) bond motifs is 1. The van der Waals surface area contributed by atoms with Crippen LogP contribution in [0, 0.1) is 0 Å². The molecule has 1 amide bonds. The molecule has 0 saturated heterocycles. The fourth-order valence-corrected chi connectivity index (χ4v) is 3.08. The number of rotatable bonds is 4. The Morgan fingerprint density at radius 3 is 2.62 bits per heavy atom. The summed E-state index contributed by atoms with van der Waals surface area (Å²) in [5.41, 5.74) is 3.04. The van der Waals surface area contributed by atoms with Crippen molar-refractivity contribution in [3.05, 3.63) is 70.2 Å². The first-order valence-corrected chi connectivity index (χ1v) is 8.03. The molecule has 0 aliphatic carbocycles. The lowest BCUT2D eigenvalue weighted by atomic mass is 9.95. The van der Waals surface area contributed by atoms with Gasteiger partial charge in [0.2, 0.25) is 5.91 Å². The zero-order valence-corrected chi connectivity index (χ0v) is 14.6. The molecule has 0 saturated carbocycles. The predicted octanol–water partition coefficient (Wildman–Crippen LogP) is 2.63. The summed E-state index contributed by atoms with van der Waals surface area (Å²) in [4.78, 5) is 12.3. The summed E-state index contributed by atoms with van der Waals surface area (Å²) in [7, 11) is 0. The minimum absolute atomic E-state index is 0. The van der Waals surface area contributed by atoms with Gasteiger partial charge in [0.1, 0.15) is 0 Å². The van der Waals surface area contributed by atoms with E-state index in [2.05, 4.69) is 22.8 Å². The molecule has 0 radical (unpaired) electrons. The molecule has 1 aliphatic rings. The lowest BCUT2D eigenvalue weighted by Crippen LogP contribution is -2.48. The minimum atomic E-state index is -0.816. The maximum Gasteiger partial charge on any atom is 0.237 e. The first-order valence-electron chi connectivity index (χ1n) is 7.65. The molecule has 2 unspecified atom stereocenters. The van der Waals surface area contributed by atoms with Gasteiger partial charge < -0.3 is 15.7 Å². The second kappa shape index (κ2) is 8.49. The number of nitrogens with one attached hydrogen (secondary N) is 2. The molecule has 2 aromatic rings. The normalized spacial score (nSPS) is 17.3. The second-order valence-corrected chi connectivity index (χ2v) is 6.10. The highest BCUT2D eigenvalue weighted by atomic mass is 35.5. The molecule has 0 bridgehead atoms. The van der Waals surface area contributed by atoms with E-state index in [4.69, 9.17) is 11.6 Å². The molecular weight excluding hydrogens is 347 g/mol. The van der Waals surface area contributed by atoms with Crippen molar-refractivity contribution in [1.29, 1.82) is 0 Å². The second-order valence-electron chi connectivity index (χ2n) is 5.69. The number of benzene rings is 2. The van der Waals surface area contributed by atoms with Crippen LogP contribution < -0.4 is 10.6 Å². The van der Waals surface area contributed by atoms with Crippen molar-refractivity contribution in [3.63, 3.8) is 0 Å². The number of aliphatic hydroxyl groups is 1. The Morgan fingerprint density at radius 1 is 1.21 bits per heavy atom. The van der Waals surface area contributed by atoms with Crippen LogP contribution in [-0.4, -0.2) is 23.6 Å². The van der Waals surface area contributed by atoms with Gasteiger partial charge >= 0.3 is 0 Å². The third kappa shape index (κ3) is 4.28. The Hall–Kier alpha value is -1.59. The van der Waals surface area contributed by atoms with Gasteiger partial charge in [0, 0.05) is 23.7 Å². The first kappa shape index (κ1) is 18.7. The molecule has 128 valence electrons. The summed E-state index contributed by atoms with van der Waals surface area (Å²) in [5, 5.41) is 16.7. The summed E-state index contributed by atoms with van der Waals surface area (Å²) < 4.78 is 0. The topological polar surface area (TPSA) is 61.4 Å². The average molecular weight is 367 g/mol. The Kier molecular flexibility index (Phi) is 6.63. The van der Waals surface area contributed by atoms with E-state index in [1.165, 1.54) is 11.1 Å². The quantitative estimate of drug-likeness (QED) is 0.779. The Balaban J connectivity index is 0.00000208. The van der Waals surface area contributed by atoms with Crippen LogP contribution in [0.25, 0.3) is 0 Å². The summed E-state index contributed by atoms with van der Waals surface area (Å²) in [6.07, 6.45) is -0.159. The molecule has 1 aliphatic heterocycles. The highest BCUT2D eigenvalue weighted by Gasteiger charge is 2.24. The molecule has 3 rings (SSSR count). The third-order valence-electron chi connectivity index (χ3n) is 4.13. The maximum absolute atomic E-state index is 12.3. The average Bonchev–Trinajstić information content (AvgIpc) is 2.59. The van der Waals surface area contributed by atoms with Gasteiger partial charge in [-0.2, -0.15) is 0 Å². The Bertz CT molecular complexity index is 709. The summed E-state index contributed by atoms with van der Waals surface area (Å²) in [6, 6.07) is 14.9. The monoisotopic (exact) mass is 366 g/mol. The van der Waals surface area contributed by atoms with Gasteiger partial charge in [-0.15, -0.1) is 12.4 Å². The number of halogens is 2.